The Labute approximate surface area is 145 Å². The Hall–Kier alpha value is -1.97. The number of carbonyl (C=O) groups is 1. The summed E-state index contributed by atoms with van der Waals surface area (Å²) in [6.07, 6.45) is 8.21. The summed E-state index contributed by atoms with van der Waals surface area (Å²) in [4.78, 5) is 8.95. The lowest BCUT2D eigenvalue weighted by molar-refractivity contribution is -0.126. The maximum Gasteiger partial charge on any atom is 0.292 e. The molecule has 0 bridgehead atoms. The van der Waals surface area contributed by atoms with Crippen LogP contribution in [0.4, 0.5) is 0 Å². The van der Waals surface area contributed by atoms with Crippen molar-refractivity contribution in [3.8, 4) is 11.5 Å². The Bertz CT molecular complexity index is 524. The Kier molecular flexibility index (Phi) is 8.98. The first-order chi connectivity index (χ1) is 11.6. The first kappa shape index (κ1) is 20.1. The number of methoxy groups -OCH3 is 3. The van der Waals surface area contributed by atoms with Gasteiger partial charge in [-0.25, -0.2) is 0 Å². The Morgan fingerprint density at radius 2 is 1.75 bits per heavy atom. The number of ether oxygens (including phenoxy) is 3. The van der Waals surface area contributed by atoms with Crippen LogP contribution < -0.4 is 9.47 Å². The molecule has 1 atom stereocenters. The minimum atomic E-state index is 0.375. The van der Waals surface area contributed by atoms with E-state index >= 15 is 0 Å². The van der Waals surface area contributed by atoms with Crippen LogP contribution in [-0.2, 0) is 16.0 Å². The molecule has 1 unspecified atom stereocenters. The summed E-state index contributed by atoms with van der Waals surface area (Å²) in [5, 5.41) is 0. The fraction of sp³-hybridized carbons (Fsp3) is 0.550. The Morgan fingerprint density at radius 3 is 2.17 bits per heavy atom. The van der Waals surface area contributed by atoms with Gasteiger partial charge in [0.2, 0.25) is 0 Å². The van der Waals surface area contributed by atoms with Gasteiger partial charge in [0.05, 0.1) is 21.3 Å². The predicted octanol–water partition coefficient (Wildman–Crippen LogP) is 4.66. The molecular weight excluding hydrogens is 304 g/mol. The lowest BCUT2D eigenvalue weighted by atomic mass is 9.84. The monoisotopic (exact) mass is 334 g/mol. The van der Waals surface area contributed by atoms with Crippen molar-refractivity contribution < 1.29 is 19.0 Å². The molecule has 1 aliphatic carbocycles. The van der Waals surface area contributed by atoms with E-state index in [0.717, 1.165) is 24.3 Å². The van der Waals surface area contributed by atoms with Crippen LogP contribution in [0.25, 0.3) is 0 Å². The number of hydrogen-bond donors (Lipinski definition) is 0. The van der Waals surface area contributed by atoms with E-state index in [1.807, 2.05) is 0 Å². The van der Waals surface area contributed by atoms with E-state index in [0.29, 0.717) is 12.4 Å². The first-order valence-corrected chi connectivity index (χ1v) is 8.49. The molecule has 0 aromatic heterocycles. The second kappa shape index (κ2) is 10.7. The number of hydrogen-bond acceptors (Lipinski definition) is 4. The second-order valence-corrected chi connectivity index (χ2v) is 6.01. The summed E-state index contributed by atoms with van der Waals surface area (Å²) in [7, 11) is 4.83. The standard InChI is InChI=1S/C18H26O2.C2H4O2/c1-5-7-14-11-16(19-3)18(17(12-14)20-4)15-9-6-8-13(2)10-15;1-4-2-3/h10-12,15H,5-9H2,1-4H3;2H,1H3. The van der Waals surface area contributed by atoms with Gasteiger partial charge in [-0.3, -0.25) is 4.79 Å². The number of rotatable bonds is 6. The average Bonchev–Trinajstić information content (AvgIpc) is 2.61. The molecule has 0 heterocycles. The van der Waals surface area contributed by atoms with E-state index in [9.17, 15) is 0 Å². The SMILES string of the molecule is CCCc1cc(OC)c(C2C=C(C)CCC2)c(OC)c1.COC=O. The third-order valence-corrected chi connectivity index (χ3v) is 4.18. The zero-order valence-corrected chi connectivity index (χ0v) is 15.6. The van der Waals surface area contributed by atoms with Crippen molar-refractivity contribution in [3.05, 3.63) is 34.9 Å². The molecule has 24 heavy (non-hydrogen) atoms. The number of carbonyl (C=O) groups excluding carboxylic acids is 1. The first-order valence-electron chi connectivity index (χ1n) is 8.49. The van der Waals surface area contributed by atoms with Gasteiger partial charge < -0.3 is 14.2 Å². The van der Waals surface area contributed by atoms with Gasteiger partial charge in [-0.1, -0.05) is 25.0 Å². The van der Waals surface area contributed by atoms with E-state index in [1.165, 1.54) is 43.1 Å². The van der Waals surface area contributed by atoms with Crippen LogP contribution in [0.3, 0.4) is 0 Å². The average molecular weight is 334 g/mol. The molecule has 4 nitrogen and oxygen atoms in total. The van der Waals surface area contributed by atoms with E-state index in [-0.39, 0.29) is 0 Å². The van der Waals surface area contributed by atoms with Crippen LogP contribution in [-0.4, -0.2) is 27.8 Å². The molecule has 4 heteroatoms. The molecule has 0 saturated heterocycles. The number of aryl methyl sites for hydroxylation is 1. The minimum Gasteiger partial charge on any atom is -0.496 e. The third kappa shape index (κ3) is 5.59. The summed E-state index contributed by atoms with van der Waals surface area (Å²) >= 11 is 0. The third-order valence-electron chi connectivity index (χ3n) is 4.18. The van der Waals surface area contributed by atoms with Crippen LogP contribution in [0.15, 0.2) is 23.8 Å². The summed E-state index contributed by atoms with van der Waals surface area (Å²) in [5.74, 6) is 2.37. The molecule has 0 amide bonds. The van der Waals surface area contributed by atoms with Crippen LogP contribution >= 0.6 is 0 Å². The predicted molar refractivity (Wildman–Crippen MR) is 97.0 cm³/mol. The van der Waals surface area contributed by atoms with E-state index in [4.69, 9.17) is 14.3 Å². The van der Waals surface area contributed by atoms with Crippen molar-refractivity contribution >= 4 is 6.47 Å². The minimum absolute atomic E-state index is 0.375. The van der Waals surface area contributed by atoms with Gasteiger partial charge in [0, 0.05) is 11.5 Å². The van der Waals surface area contributed by atoms with Gasteiger partial charge >= 0.3 is 0 Å². The van der Waals surface area contributed by atoms with Gasteiger partial charge in [0.15, 0.2) is 0 Å². The molecule has 1 aromatic carbocycles. The zero-order chi connectivity index (χ0) is 17.9. The van der Waals surface area contributed by atoms with Crippen molar-refractivity contribution in [1.82, 2.24) is 0 Å². The number of benzene rings is 1. The second-order valence-electron chi connectivity index (χ2n) is 6.01. The van der Waals surface area contributed by atoms with Gasteiger partial charge in [0.1, 0.15) is 11.5 Å². The molecule has 0 radical (unpaired) electrons. The van der Waals surface area contributed by atoms with Crippen LogP contribution in [0.1, 0.15) is 56.6 Å². The van der Waals surface area contributed by atoms with E-state index in [1.54, 1.807) is 14.2 Å². The highest BCUT2D eigenvalue weighted by Gasteiger charge is 2.22. The fourth-order valence-electron chi connectivity index (χ4n) is 3.13. The molecule has 0 fully saturated rings. The summed E-state index contributed by atoms with van der Waals surface area (Å²) in [6.45, 7) is 4.79. The number of allylic oxidation sites excluding steroid dienone is 2. The molecule has 134 valence electrons. The smallest absolute Gasteiger partial charge is 0.292 e. The maximum absolute atomic E-state index is 8.95. The Balaban J connectivity index is 0.000000648. The van der Waals surface area contributed by atoms with Gasteiger partial charge in [-0.15, -0.1) is 0 Å². The maximum atomic E-state index is 8.95. The molecule has 0 N–H and O–H groups in total. The van der Waals surface area contributed by atoms with Crippen molar-refractivity contribution in [3.63, 3.8) is 0 Å². The molecule has 0 spiro atoms. The quantitative estimate of drug-likeness (QED) is 0.561. The molecule has 2 rings (SSSR count). The lowest BCUT2D eigenvalue weighted by Crippen LogP contribution is -2.07. The topological polar surface area (TPSA) is 44.8 Å². The molecule has 0 aliphatic heterocycles. The fourth-order valence-corrected chi connectivity index (χ4v) is 3.13. The van der Waals surface area contributed by atoms with Crippen molar-refractivity contribution in [2.75, 3.05) is 21.3 Å². The Morgan fingerprint density at radius 1 is 1.17 bits per heavy atom. The highest BCUT2D eigenvalue weighted by Crippen LogP contribution is 2.42. The largest absolute Gasteiger partial charge is 0.496 e. The van der Waals surface area contributed by atoms with E-state index < -0.39 is 0 Å². The zero-order valence-electron chi connectivity index (χ0n) is 15.6. The van der Waals surface area contributed by atoms with Gasteiger partial charge in [0.25, 0.3) is 6.47 Å². The summed E-state index contributed by atoms with van der Waals surface area (Å²) in [6, 6.07) is 4.36. The normalized spacial score (nSPS) is 16.4. The van der Waals surface area contributed by atoms with E-state index in [2.05, 4.69) is 36.8 Å². The van der Waals surface area contributed by atoms with Crippen molar-refractivity contribution in [2.45, 2.75) is 51.9 Å². The lowest BCUT2D eigenvalue weighted by Gasteiger charge is -2.24. The van der Waals surface area contributed by atoms with Crippen molar-refractivity contribution in [2.24, 2.45) is 0 Å². The molecule has 1 aromatic rings. The van der Waals surface area contributed by atoms with Crippen LogP contribution in [0, 0.1) is 0 Å². The molecular formula is C20H30O4. The highest BCUT2D eigenvalue weighted by molar-refractivity contribution is 5.52. The van der Waals surface area contributed by atoms with Gasteiger partial charge in [-0.05, 0) is 50.3 Å². The highest BCUT2D eigenvalue weighted by atomic mass is 16.5. The molecule has 1 aliphatic rings. The van der Waals surface area contributed by atoms with Gasteiger partial charge in [-0.2, -0.15) is 0 Å². The van der Waals surface area contributed by atoms with Crippen LogP contribution in [0.2, 0.25) is 0 Å². The molecule has 0 saturated carbocycles. The van der Waals surface area contributed by atoms with Crippen LogP contribution in [0.5, 0.6) is 11.5 Å². The summed E-state index contributed by atoms with van der Waals surface area (Å²) in [5.41, 5.74) is 3.98. The summed E-state index contributed by atoms with van der Waals surface area (Å²) < 4.78 is 15.2. The van der Waals surface area contributed by atoms with Crippen molar-refractivity contribution in [1.29, 1.82) is 0 Å².